The maximum Gasteiger partial charge on any atom is 0.326 e. The number of halogens is 2. The smallest absolute Gasteiger partial charge is 0.326 e. The maximum absolute atomic E-state index is 14.0. The Hall–Kier alpha value is -3.90. The topological polar surface area (TPSA) is 124 Å². The molecule has 12 heteroatoms. The van der Waals surface area contributed by atoms with E-state index < -0.39 is 6.04 Å². The zero-order valence-corrected chi connectivity index (χ0v) is 28.4. The van der Waals surface area contributed by atoms with E-state index in [-0.39, 0.29) is 35.8 Å². The van der Waals surface area contributed by atoms with Crippen LogP contribution in [0.2, 0.25) is 0 Å². The van der Waals surface area contributed by atoms with Crippen LogP contribution in [0, 0.1) is 0 Å². The first-order valence-electron chi connectivity index (χ1n) is 15.5. The second kappa shape index (κ2) is 14.3. The molecule has 4 aromatic rings. The number of nitrogens with one attached hydrogen (secondary N) is 2. The maximum atomic E-state index is 14.0. The van der Waals surface area contributed by atoms with Crippen molar-refractivity contribution in [1.82, 2.24) is 29.7 Å². The van der Waals surface area contributed by atoms with Crippen molar-refractivity contribution in [2.45, 2.75) is 50.1 Å². The average molecular weight is 753 g/mol. The molecule has 0 spiro atoms. The number of hydrogen-bond acceptors (Lipinski definition) is 5. The number of carbonyl (C=O) groups is 2. The highest BCUT2D eigenvalue weighted by Crippen LogP contribution is 2.34. The molecule has 46 heavy (non-hydrogen) atoms. The molecule has 6 rings (SSSR count). The summed E-state index contributed by atoms with van der Waals surface area (Å²) >= 11 is 6.78. The van der Waals surface area contributed by atoms with Gasteiger partial charge in [0.05, 0.1) is 14.6 Å². The lowest BCUT2D eigenvalue weighted by Crippen LogP contribution is -2.55. The van der Waals surface area contributed by atoms with Gasteiger partial charge in [-0.1, -0.05) is 30.3 Å². The number of benzene rings is 2. The fourth-order valence-corrected chi connectivity index (χ4v) is 7.88. The molecule has 240 valence electrons. The highest BCUT2D eigenvalue weighted by molar-refractivity contribution is 9.11. The fourth-order valence-electron chi connectivity index (χ4n) is 6.60. The van der Waals surface area contributed by atoms with E-state index in [9.17, 15) is 19.5 Å². The second-order valence-corrected chi connectivity index (χ2v) is 13.6. The molecule has 2 aliphatic rings. The number of phenolic OH excluding ortho intramolecular Hbond substituents is 1. The summed E-state index contributed by atoms with van der Waals surface area (Å²) in [5, 5.41) is 13.3. The summed E-state index contributed by atoms with van der Waals surface area (Å²) in [7, 11) is 0. The van der Waals surface area contributed by atoms with Crippen molar-refractivity contribution in [2.75, 3.05) is 26.2 Å². The van der Waals surface area contributed by atoms with Crippen LogP contribution in [0.25, 0.3) is 11.3 Å². The Morgan fingerprint density at radius 3 is 2.22 bits per heavy atom. The van der Waals surface area contributed by atoms with Gasteiger partial charge in [-0.3, -0.25) is 14.3 Å². The highest BCUT2D eigenvalue weighted by atomic mass is 79.9. The molecule has 2 fully saturated rings. The molecule has 3 amide bonds. The zero-order valence-electron chi connectivity index (χ0n) is 25.2. The van der Waals surface area contributed by atoms with Gasteiger partial charge in [-0.15, -0.1) is 0 Å². The Kier molecular flexibility index (Phi) is 9.93. The van der Waals surface area contributed by atoms with E-state index in [0.717, 1.165) is 29.7 Å². The van der Waals surface area contributed by atoms with Crippen LogP contribution in [0.5, 0.6) is 5.75 Å². The van der Waals surface area contributed by atoms with Gasteiger partial charge in [0.1, 0.15) is 11.8 Å². The minimum absolute atomic E-state index is 0.0520. The summed E-state index contributed by atoms with van der Waals surface area (Å²) in [4.78, 5) is 51.0. The van der Waals surface area contributed by atoms with E-state index in [2.05, 4.69) is 47.1 Å². The first-order chi connectivity index (χ1) is 22.3. The lowest BCUT2D eigenvalue weighted by Gasteiger charge is -2.36. The monoisotopic (exact) mass is 750 g/mol. The third-order valence-corrected chi connectivity index (χ3v) is 10.3. The van der Waals surface area contributed by atoms with Gasteiger partial charge < -0.3 is 25.2 Å². The summed E-state index contributed by atoms with van der Waals surface area (Å²) in [6, 6.07) is 16.3. The number of amides is 3. The van der Waals surface area contributed by atoms with E-state index in [0.29, 0.717) is 53.9 Å². The molecule has 0 aliphatic carbocycles. The predicted molar refractivity (Wildman–Crippen MR) is 183 cm³/mol. The number of carbonyl (C=O) groups excluding carboxylic acids is 2. The molecule has 10 nitrogen and oxygen atoms in total. The van der Waals surface area contributed by atoms with Gasteiger partial charge >= 0.3 is 11.7 Å². The largest absolute Gasteiger partial charge is 0.506 e. The SMILES string of the molecule is O=C(N[C@@H](Cc1cc(Br)c(O)c(Br)c1)C(=O)N1CCC(c2ccncc2)CC1)N1CCC(n2c(-c3ccccc3)c[nH]c2=O)CC1. The van der Waals surface area contributed by atoms with Crippen LogP contribution in [0.1, 0.15) is 48.8 Å². The number of likely N-dealkylation sites (tertiary alicyclic amines) is 2. The quantitative estimate of drug-likeness (QED) is 0.219. The number of pyridine rings is 1. The van der Waals surface area contributed by atoms with Crippen molar-refractivity contribution >= 4 is 43.8 Å². The zero-order chi connectivity index (χ0) is 32.2. The summed E-state index contributed by atoms with van der Waals surface area (Å²) < 4.78 is 2.81. The standard InChI is InChI=1S/C34H36Br2N6O4/c35-27-18-22(19-28(36)31(27)43)20-29(32(44)40-14-8-24(9-15-40)23-6-12-37-13-7-23)39-34(46)41-16-10-26(11-17-41)42-30(21-38-33(42)45)25-4-2-1-3-5-25/h1-7,12-13,18-19,21,24,26,29,43H,8-11,14-17,20H2,(H,38,45)(H,39,46)/t29-/m0/s1. The highest BCUT2D eigenvalue weighted by Gasteiger charge is 2.33. The van der Waals surface area contributed by atoms with Crippen LogP contribution in [0.3, 0.4) is 0 Å². The van der Waals surface area contributed by atoms with E-state index in [1.54, 1.807) is 40.2 Å². The lowest BCUT2D eigenvalue weighted by molar-refractivity contribution is -0.134. The minimum atomic E-state index is -0.789. The molecule has 0 saturated carbocycles. The van der Waals surface area contributed by atoms with Gasteiger partial charge in [0.25, 0.3) is 0 Å². The van der Waals surface area contributed by atoms with Crippen molar-refractivity contribution in [1.29, 1.82) is 0 Å². The second-order valence-electron chi connectivity index (χ2n) is 11.9. The molecule has 2 aliphatic heterocycles. The number of piperidine rings is 2. The van der Waals surface area contributed by atoms with E-state index in [1.165, 1.54) is 5.56 Å². The van der Waals surface area contributed by atoms with E-state index in [4.69, 9.17) is 0 Å². The molecule has 2 saturated heterocycles. The molecule has 4 heterocycles. The number of imidazole rings is 1. The number of H-pyrrole nitrogens is 1. The Morgan fingerprint density at radius 2 is 1.57 bits per heavy atom. The first-order valence-corrected chi connectivity index (χ1v) is 17.1. The molecule has 1 atom stereocenters. The Morgan fingerprint density at radius 1 is 0.935 bits per heavy atom. The molecule has 2 aromatic heterocycles. The van der Waals surface area contributed by atoms with Gasteiger partial charge in [0.15, 0.2) is 0 Å². The predicted octanol–water partition coefficient (Wildman–Crippen LogP) is 5.83. The number of phenols is 1. The van der Waals surface area contributed by atoms with Gasteiger partial charge in [-0.05, 0) is 104 Å². The van der Waals surface area contributed by atoms with Gasteiger partial charge in [-0.2, -0.15) is 0 Å². The van der Waals surface area contributed by atoms with Crippen LogP contribution in [0.4, 0.5) is 4.79 Å². The molecular weight excluding hydrogens is 716 g/mol. The van der Waals surface area contributed by atoms with Crippen LogP contribution >= 0.6 is 31.9 Å². The normalized spacial score (nSPS) is 16.7. The Labute approximate surface area is 284 Å². The van der Waals surface area contributed by atoms with Crippen molar-refractivity contribution < 1.29 is 14.7 Å². The molecule has 0 unspecified atom stereocenters. The van der Waals surface area contributed by atoms with Crippen LogP contribution < -0.4 is 11.0 Å². The summed E-state index contributed by atoms with van der Waals surface area (Å²) in [6.07, 6.45) is 8.51. The van der Waals surface area contributed by atoms with Gasteiger partial charge in [-0.25, -0.2) is 9.59 Å². The first kappa shape index (κ1) is 32.1. The number of aromatic hydroxyl groups is 1. The summed E-state index contributed by atoms with van der Waals surface area (Å²) in [6.45, 7) is 2.11. The van der Waals surface area contributed by atoms with Crippen molar-refractivity contribution in [2.24, 2.45) is 0 Å². The number of aromatic amines is 1. The van der Waals surface area contributed by atoms with Crippen LogP contribution in [0.15, 0.2) is 86.9 Å². The molecule has 0 bridgehead atoms. The third kappa shape index (κ3) is 7.07. The van der Waals surface area contributed by atoms with Crippen LogP contribution in [-0.2, 0) is 11.2 Å². The van der Waals surface area contributed by atoms with E-state index >= 15 is 0 Å². The molecule has 3 N–H and O–H groups in total. The lowest BCUT2D eigenvalue weighted by atomic mass is 9.89. The van der Waals surface area contributed by atoms with Gasteiger partial charge in [0.2, 0.25) is 5.91 Å². The number of aromatic nitrogens is 3. The van der Waals surface area contributed by atoms with Crippen LogP contribution in [-0.4, -0.2) is 73.6 Å². The Bertz CT molecular complexity index is 1710. The number of nitrogens with zero attached hydrogens (tertiary/aromatic N) is 4. The molecular formula is C34H36Br2N6O4. The number of rotatable bonds is 7. The van der Waals surface area contributed by atoms with E-state index in [1.807, 2.05) is 47.4 Å². The molecule has 2 aromatic carbocycles. The molecule has 0 radical (unpaired) electrons. The third-order valence-electron chi connectivity index (χ3n) is 9.09. The average Bonchev–Trinajstić information content (AvgIpc) is 3.48. The Balaban J connectivity index is 1.14. The fraction of sp³-hybridized carbons (Fsp3) is 0.353. The van der Waals surface area contributed by atoms with Crippen molar-refractivity contribution in [3.63, 3.8) is 0 Å². The number of hydrogen-bond donors (Lipinski definition) is 3. The van der Waals surface area contributed by atoms with Crippen molar-refractivity contribution in [3.05, 3.63) is 104 Å². The minimum Gasteiger partial charge on any atom is -0.506 e. The van der Waals surface area contributed by atoms with Gasteiger partial charge in [0, 0.05) is 57.2 Å². The summed E-state index contributed by atoms with van der Waals surface area (Å²) in [5.74, 6) is 0.317. The summed E-state index contributed by atoms with van der Waals surface area (Å²) in [5.41, 5.74) is 3.65. The van der Waals surface area contributed by atoms with Crippen molar-refractivity contribution in [3.8, 4) is 17.0 Å². The number of urea groups is 1.